The molecule has 3 fully saturated rings. The maximum absolute atomic E-state index is 13.1. The van der Waals surface area contributed by atoms with Crippen LogP contribution in [-0.2, 0) is 11.0 Å². The van der Waals surface area contributed by atoms with Gasteiger partial charge in [-0.3, -0.25) is 9.78 Å². The first-order chi connectivity index (χ1) is 14.3. The molecule has 2 aromatic rings. The summed E-state index contributed by atoms with van der Waals surface area (Å²) in [6.07, 6.45) is 1.34. The Balaban J connectivity index is 1.40. The number of hydrogen-bond acceptors (Lipinski definition) is 3. The quantitative estimate of drug-likeness (QED) is 0.801. The molecular weight excluding hydrogens is 391 g/mol. The number of alkyl halides is 3. The highest BCUT2D eigenvalue weighted by Crippen LogP contribution is 2.64. The Morgan fingerprint density at radius 3 is 2.50 bits per heavy atom. The van der Waals surface area contributed by atoms with Crippen LogP contribution in [-0.4, -0.2) is 30.0 Å². The maximum atomic E-state index is 13.1. The van der Waals surface area contributed by atoms with E-state index in [0.717, 1.165) is 18.7 Å². The van der Waals surface area contributed by atoms with Gasteiger partial charge < -0.3 is 10.2 Å². The number of nitrogens with zero attached hydrogens (tertiary/aromatic N) is 2. The van der Waals surface area contributed by atoms with Gasteiger partial charge in [0.1, 0.15) is 0 Å². The number of nitrogens with one attached hydrogen (secondary N) is 1. The third-order valence-corrected chi connectivity index (χ3v) is 6.88. The second kappa shape index (κ2) is 6.72. The van der Waals surface area contributed by atoms with Crippen molar-refractivity contribution in [3.05, 3.63) is 59.4 Å². The summed E-state index contributed by atoms with van der Waals surface area (Å²) in [5, 5.41) is 3.06. The summed E-state index contributed by atoms with van der Waals surface area (Å²) in [7, 11) is 0. The normalized spacial score (nSPS) is 28.1. The molecule has 2 heterocycles. The van der Waals surface area contributed by atoms with Gasteiger partial charge in [0.15, 0.2) is 0 Å². The number of aromatic nitrogens is 1. The van der Waals surface area contributed by atoms with E-state index < -0.39 is 11.7 Å². The van der Waals surface area contributed by atoms with Crippen molar-refractivity contribution in [2.45, 2.75) is 50.2 Å². The Morgan fingerprint density at radius 1 is 1.17 bits per heavy atom. The molecule has 30 heavy (non-hydrogen) atoms. The fraction of sp³-hybridized carbons (Fsp3) is 0.478. The zero-order valence-electron chi connectivity index (χ0n) is 16.7. The third kappa shape index (κ3) is 3.44. The Bertz CT molecular complexity index is 970. The highest BCUT2D eigenvalue weighted by atomic mass is 19.4. The lowest BCUT2D eigenvalue weighted by molar-refractivity contribution is -0.137. The number of hydrogen-bond donors (Lipinski definition) is 1. The molecule has 3 atom stereocenters. The molecule has 1 aromatic carbocycles. The van der Waals surface area contributed by atoms with E-state index in [9.17, 15) is 18.0 Å². The number of benzene rings is 1. The molecule has 2 saturated carbocycles. The van der Waals surface area contributed by atoms with Crippen molar-refractivity contribution in [1.82, 2.24) is 10.3 Å². The lowest BCUT2D eigenvalue weighted by Gasteiger charge is -2.19. The zero-order chi connectivity index (χ0) is 21.1. The second-order valence-electron chi connectivity index (χ2n) is 8.99. The number of carbonyl (C=O) groups is 1. The van der Waals surface area contributed by atoms with Gasteiger partial charge in [-0.15, -0.1) is 0 Å². The van der Waals surface area contributed by atoms with Gasteiger partial charge >= 0.3 is 6.18 Å². The van der Waals surface area contributed by atoms with Crippen molar-refractivity contribution < 1.29 is 18.0 Å². The van der Waals surface area contributed by atoms with E-state index in [-0.39, 0.29) is 17.4 Å². The second-order valence-corrected chi connectivity index (χ2v) is 8.99. The molecule has 1 saturated heterocycles. The molecule has 3 aliphatic rings. The number of carbonyl (C=O) groups excluding carboxylic acids is 1. The first-order valence-corrected chi connectivity index (χ1v) is 10.4. The van der Waals surface area contributed by atoms with Gasteiger partial charge in [0.2, 0.25) is 5.91 Å². The van der Waals surface area contributed by atoms with E-state index in [1.165, 1.54) is 37.1 Å². The molecule has 5 rings (SSSR count). The van der Waals surface area contributed by atoms with Crippen molar-refractivity contribution in [1.29, 1.82) is 0 Å². The van der Waals surface area contributed by atoms with Gasteiger partial charge in [0.25, 0.3) is 0 Å². The summed E-state index contributed by atoms with van der Waals surface area (Å²) >= 11 is 0. The number of amides is 1. The molecule has 4 nitrogen and oxygen atoms in total. The highest BCUT2D eigenvalue weighted by Gasteiger charge is 2.63. The Morgan fingerprint density at radius 2 is 1.87 bits per heavy atom. The van der Waals surface area contributed by atoms with Gasteiger partial charge in [-0.05, 0) is 48.3 Å². The standard InChI is InChI=1S/C23H24F3N3O/c1-14(30)28-21-12-29(19-8-18(10-27-11-19)23(24,25)26)13-22(21)9-20(22)17-6-4-16(5-7-17)15-2-3-15/h4-8,10-11,15,20-21H,2-3,9,12-13H2,1H3,(H,28,30)/t20-,21+,22+/m1/s1. The minimum atomic E-state index is -4.43. The first-order valence-electron chi connectivity index (χ1n) is 10.4. The van der Waals surface area contributed by atoms with Crippen LogP contribution in [0.5, 0.6) is 0 Å². The molecule has 2 aliphatic carbocycles. The van der Waals surface area contributed by atoms with Crippen molar-refractivity contribution in [2.75, 3.05) is 18.0 Å². The van der Waals surface area contributed by atoms with E-state index in [2.05, 4.69) is 34.6 Å². The van der Waals surface area contributed by atoms with Gasteiger partial charge in [-0.1, -0.05) is 24.3 Å². The van der Waals surface area contributed by atoms with Crippen LogP contribution < -0.4 is 10.2 Å². The molecule has 1 N–H and O–H groups in total. The minimum absolute atomic E-state index is 0.0994. The van der Waals surface area contributed by atoms with E-state index >= 15 is 0 Å². The van der Waals surface area contributed by atoms with Crippen molar-refractivity contribution in [2.24, 2.45) is 5.41 Å². The maximum Gasteiger partial charge on any atom is 0.417 e. The summed E-state index contributed by atoms with van der Waals surface area (Å²) in [5.41, 5.74) is 2.18. The topological polar surface area (TPSA) is 45.2 Å². The molecule has 1 spiro atoms. The summed E-state index contributed by atoms with van der Waals surface area (Å²) < 4.78 is 39.4. The SMILES string of the molecule is CC(=O)N[C@H]1CN(c2cncc(C(F)(F)F)c2)C[C@]12C[C@@H]2c1ccc(C2CC2)cc1. The lowest BCUT2D eigenvalue weighted by Crippen LogP contribution is -2.40. The van der Waals surface area contributed by atoms with Gasteiger partial charge in [0.05, 0.1) is 23.5 Å². The summed E-state index contributed by atoms with van der Waals surface area (Å²) in [5.74, 6) is 0.888. The van der Waals surface area contributed by atoms with Gasteiger partial charge in [-0.25, -0.2) is 0 Å². The number of anilines is 1. The van der Waals surface area contributed by atoms with E-state index in [0.29, 0.717) is 30.6 Å². The van der Waals surface area contributed by atoms with Crippen LogP contribution in [0.3, 0.4) is 0 Å². The van der Waals surface area contributed by atoms with E-state index in [1.54, 1.807) is 0 Å². The monoisotopic (exact) mass is 415 g/mol. The average Bonchev–Trinajstić information content (AvgIpc) is 3.60. The molecule has 0 bridgehead atoms. The van der Waals surface area contributed by atoms with Crippen LogP contribution in [0.1, 0.15) is 54.7 Å². The van der Waals surface area contributed by atoms with Crippen molar-refractivity contribution >= 4 is 11.6 Å². The van der Waals surface area contributed by atoms with Gasteiger partial charge in [0, 0.05) is 31.6 Å². The largest absolute Gasteiger partial charge is 0.417 e. The molecule has 0 radical (unpaired) electrons. The predicted molar refractivity (Wildman–Crippen MR) is 107 cm³/mol. The molecule has 158 valence electrons. The summed E-state index contributed by atoms with van der Waals surface area (Å²) in [6.45, 7) is 2.58. The number of halogens is 3. The number of pyridine rings is 1. The lowest BCUT2D eigenvalue weighted by atomic mass is 9.93. The van der Waals surface area contributed by atoms with Crippen LogP contribution in [0.25, 0.3) is 0 Å². The fourth-order valence-electron chi connectivity index (χ4n) is 5.07. The molecule has 1 aliphatic heterocycles. The third-order valence-electron chi connectivity index (χ3n) is 6.88. The molecule has 1 amide bonds. The molecular formula is C23H24F3N3O. The minimum Gasteiger partial charge on any atom is -0.368 e. The van der Waals surface area contributed by atoms with Crippen LogP contribution in [0.15, 0.2) is 42.7 Å². The highest BCUT2D eigenvalue weighted by molar-refractivity contribution is 5.74. The Kier molecular flexibility index (Phi) is 4.35. The van der Waals surface area contributed by atoms with Crippen LogP contribution >= 0.6 is 0 Å². The van der Waals surface area contributed by atoms with E-state index in [1.807, 2.05) is 4.90 Å². The molecule has 1 aromatic heterocycles. The Labute approximate surface area is 173 Å². The van der Waals surface area contributed by atoms with Gasteiger partial charge in [-0.2, -0.15) is 13.2 Å². The van der Waals surface area contributed by atoms with Crippen molar-refractivity contribution in [3.8, 4) is 0 Å². The average molecular weight is 415 g/mol. The summed E-state index contributed by atoms with van der Waals surface area (Å²) in [6, 6.07) is 9.83. The first kappa shape index (κ1) is 19.4. The van der Waals surface area contributed by atoms with Crippen molar-refractivity contribution in [3.63, 3.8) is 0 Å². The summed E-state index contributed by atoms with van der Waals surface area (Å²) in [4.78, 5) is 17.6. The molecule has 0 unspecified atom stereocenters. The fourth-order valence-corrected chi connectivity index (χ4v) is 5.07. The smallest absolute Gasteiger partial charge is 0.368 e. The number of rotatable bonds is 4. The zero-order valence-corrected chi connectivity index (χ0v) is 16.7. The van der Waals surface area contributed by atoms with E-state index in [4.69, 9.17) is 0 Å². The predicted octanol–water partition coefficient (Wildman–Crippen LogP) is 4.48. The Hall–Kier alpha value is -2.57. The molecule has 7 heteroatoms. The van der Waals surface area contributed by atoms with Crippen LogP contribution in [0, 0.1) is 5.41 Å². The van der Waals surface area contributed by atoms with Crippen LogP contribution in [0.2, 0.25) is 0 Å². The van der Waals surface area contributed by atoms with Crippen LogP contribution in [0.4, 0.5) is 18.9 Å².